The highest BCUT2D eigenvalue weighted by Gasteiger charge is 2.18. The lowest BCUT2D eigenvalue weighted by molar-refractivity contribution is 0.547. The van der Waals surface area contributed by atoms with E-state index in [1.165, 1.54) is 0 Å². The molecule has 1 aromatic carbocycles. The van der Waals surface area contributed by atoms with Gasteiger partial charge in [0.05, 0.1) is 0 Å². The molecule has 3 nitrogen and oxygen atoms in total. The lowest BCUT2D eigenvalue weighted by atomic mass is 10.3. The molecule has 0 unspecified atom stereocenters. The first-order chi connectivity index (χ1) is 6.97. The van der Waals surface area contributed by atoms with Gasteiger partial charge in [-0.3, -0.25) is 0 Å². The Bertz CT molecular complexity index is 450. The van der Waals surface area contributed by atoms with Crippen molar-refractivity contribution in [3.8, 4) is 0 Å². The van der Waals surface area contributed by atoms with Crippen molar-refractivity contribution >= 4 is 26.0 Å². The van der Waals surface area contributed by atoms with Crippen molar-refractivity contribution in [1.29, 1.82) is 0 Å². The number of benzene rings is 1. The zero-order valence-electron chi connectivity index (χ0n) is 7.50. The molecule has 0 atom stereocenters. The van der Waals surface area contributed by atoms with Gasteiger partial charge in [0.2, 0.25) is 10.0 Å². The second kappa shape index (κ2) is 5.00. The summed E-state index contributed by atoms with van der Waals surface area (Å²) in [5.74, 6) is -1.77. The molecule has 0 aliphatic carbocycles. The van der Waals surface area contributed by atoms with Crippen molar-refractivity contribution in [1.82, 2.24) is 4.72 Å². The summed E-state index contributed by atoms with van der Waals surface area (Å²) in [5.41, 5.74) is 0. The molecule has 84 valence electrons. The molecule has 0 radical (unpaired) electrons. The van der Waals surface area contributed by atoms with E-state index in [9.17, 15) is 17.2 Å². The predicted molar refractivity (Wildman–Crippen MR) is 55.3 cm³/mol. The second-order valence-electron chi connectivity index (χ2n) is 2.66. The molecule has 0 fully saturated rings. The molecule has 0 aliphatic heterocycles. The molecule has 0 saturated carbocycles. The molecular formula is C8H8BrF2NO2S. The van der Waals surface area contributed by atoms with E-state index in [0.717, 1.165) is 12.1 Å². The van der Waals surface area contributed by atoms with E-state index in [0.29, 0.717) is 11.4 Å². The van der Waals surface area contributed by atoms with Gasteiger partial charge in [0, 0.05) is 11.9 Å². The normalized spacial score (nSPS) is 11.7. The van der Waals surface area contributed by atoms with Crippen molar-refractivity contribution in [2.45, 2.75) is 4.90 Å². The zero-order valence-corrected chi connectivity index (χ0v) is 9.91. The van der Waals surface area contributed by atoms with Crippen molar-refractivity contribution in [3.63, 3.8) is 0 Å². The van der Waals surface area contributed by atoms with E-state index in [2.05, 4.69) is 20.7 Å². The van der Waals surface area contributed by atoms with E-state index in [4.69, 9.17) is 0 Å². The molecule has 1 aromatic rings. The Morgan fingerprint density at radius 2 is 2.00 bits per heavy atom. The minimum Gasteiger partial charge on any atom is -0.210 e. The quantitative estimate of drug-likeness (QED) is 0.859. The molecule has 1 N–H and O–H groups in total. The van der Waals surface area contributed by atoms with Gasteiger partial charge in [-0.15, -0.1) is 0 Å². The molecule has 0 spiro atoms. The molecule has 0 aliphatic rings. The van der Waals surface area contributed by atoms with E-state index in [1.54, 1.807) is 0 Å². The molecule has 0 saturated heterocycles. The summed E-state index contributed by atoms with van der Waals surface area (Å²) >= 11 is 3.01. The van der Waals surface area contributed by atoms with Gasteiger partial charge >= 0.3 is 0 Å². The zero-order chi connectivity index (χ0) is 11.5. The van der Waals surface area contributed by atoms with Gasteiger partial charge in [0.15, 0.2) is 0 Å². The monoisotopic (exact) mass is 299 g/mol. The number of nitrogens with one attached hydrogen (secondary N) is 1. The van der Waals surface area contributed by atoms with Crippen LogP contribution in [0.5, 0.6) is 0 Å². The van der Waals surface area contributed by atoms with E-state index in [1.807, 2.05) is 0 Å². The first kappa shape index (κ1) is 12.5. The van der Waals surface area contributed by atoms with E-state index >= 15 is 0 Å². The third-order valence-corrected chi connectivity index (χ3v) is 3.44. The second-order valence-corrected chi connectivity index (χ2v) is 5.19. The van der Waals surface area contributed by atoms with Crippen LogP contribution in [0.3, 0.4) is 0 Å². The largest absolute Gasteiger partial charge is 0.243 e. The van der Waals surface area contributed by atoms with Crippen LogP contribution >= 0.6 is 15.9 Å². The maximum atomic E-state index is 13.1. The van der Waals surface area contributed by atoms with Crippen molar-refractivity contribution in [2.24, 2.45) is 0 Å². The highest BCUT2D eigenvalue weighted by molar-refractivity contribution is 9.09. The summed E-state index contributed by atoms with van der Waals surface area (Å²) in [6.45, 7) is 0.109. The number of sulfonamides is 1. The maximum Gasteiger partial charge on any atom is 0.243 e. The summed E-state index contributed by atoms with van der Waals surface area (Å²) < 4.78 is 50.8. The highest BCUT2D eigenvalue weighted by atomic mass is 79.9. The van der Waals surface area contributed by atoms with Gasteiger partial charge in [-0.1, -0.05) is 15.9 Å². The Labute approximate surface area is 94.7 Å². The Balaban J connectivity index is 3.09. The summed E-state index contributed by atoms with van der Waals surface area (Å²) in [4.78, 5) is -0.677. The van der Waals surface area contributed by atoms with Gasteiger partial charge < -0.3 is 0 Å². The lowest BCUT2D eigenvalue weighted by Crippen LogP contribution is -2.26. The molecule has 7 heteroatoms. The fraction of sp³-hybridized carbons (Fsp3) is 0.250. The topological polar surface area (TPSA) is 46.2 Å². The first-order valence-corrected chi connectivity index (χ1v) is 6.58. The molecular weight excluding hydrogens is 292 g/mol. The van der Waals surface area contributed by atoms with E-state index in [-0.39, 0.29) is 6.54 Å². The third kappa shape index (κ3) is 3.22. The Morgan fingerprint density at radius 1 is 1.33 bits per heavy atom. The summed E-state index contributed by atoms with van der Waals surface area (Å²) in [7, 11) is -3.97. The molecule has 15 heavy (non-hydrogen) atoms. The smallest absolute Gasteiger partial charge is 0.210 e. The predicted octanol–water partition coefficient (Wildman–Crippen LogP) is 1.64. The van der Waals surface area contributed by atoms with Crippen LogP contribution in [0.4, 0.5) is 8.78 Å². The third-order valence-electron chi connectivity index (χ3n) is 1.57. The molecule has 0 aromatic heterocycles. The minimum absolute atomic E-state index is 0.109. The lowest BCUT2D eigenvalue weighted by Gasteiger charge is -2.05. The van der Waals surface area contributed by atoms with Gasteiger partial charge in [0.1, 0.15) is 16.5 Å². The van der Waals surface area contributed by atoms with Crippen LogP contribution in [-0.2, 0) is 10.0 Å². The van der Waals surface area contributed by atoms with Crippen LogP contribution in [0, 0.1) is 11.6 Å². The molecule has 0 bridgehead atoms. The van der Waals surface area contributed by atoms with Gasteiger partial charge in [-0.2, -0.15) is 0 Å². The van der Waals surface area contributed by atoms with Gasteiger partial charge in [0.25, 0.3) is 0 Å². The average Bonchev–Trinajstić information content (AvgIpc) is 2.18. The number of hydrogen-bond acceptors (Lipinski definition) is 2. The van der Waals surface area contributed by atoms with Crippen LogP contribution in [-0.4, -0.2) is 20.3 Å². The van der Waals surface area contributed by atoms with Crippen molar-refractivity contribution in [3.05, 3.63) is 29.8 Å². The molecule has 0 heterocycles. The summed E-state index contributed by atoms with van der Waals surface area (Å²) in [6.07, 6.45) is 0. The molecule has 0 amide bonds. The number of halogens is 3. The number of rotatable bonds is 4. The van der Waals surface area contributed by atoms with Crippen LogP contribution in [0.15, 0.2) is 23.1 Å². The van der Waals surface area contributed by atoms with Crippen LogP contribution in [0.25, 0.3) is 0 Å². The fourth-order valence-corrected chi connectivity index (χ4v) is 2.51. The van der Waals surface area contributed by atoms with E-state index < -0.39 is 26.6 Å². The average molecular weight is 300 g/mol. The Hall–Kier alpha value is -0.530. The number of alkyl halides is 1. The number of hydrogen-bond donors (Lipinski definition) is 1. The van der Waals surface area contributed by atoms with Crippen molar-refractivity contribution in [2.75, 3.05) is 11.9 Å². The standard InChI is InChI=1S/C8H8BrF2NO2S/c9-3-4-12-15(13,14)8-5-6(10)1-2-7(8)11/h1-2,5,12H,3-4H2. The fourth-order valence-electron chi connectivity index (χ4n) is 0.934. The van der Waals surface area contributed by atoms with Crippen molar-refractivity contribution < 1.29 is 17.2 Å². The maximum absolute atomic E-state index is 13.1. The summed E-state index contributed by atoms with van der Waals surface area (Å²) in [6, 6.07) is 2.28. The SMILES string of the molecule is O=S(=O)(NCCBr)c1cc(F)ccc1F. The Morgan fingerprint density at radius 3 is 2.60 bits per heavy atom. The van der Waals surface area contributed by atoms with Crippen LogP contribution in [0.1, 0.15) is 0 Å². The first-order valence-electron chi connectivity index (χ1n) is 3.98. The van der Waals surface area contributed by atoms with Gasteiger partial charge in [-0.05, 0) is 18.2 Å². The minimum atomic E-state index is -3.97. The Kier molecular flexibility index (Phi) is 4.18. The molecule has 1 rings (SSSR count). The van der Waals surface area contributed by atoms with Crippen LogP contribution < -0.4 is 4.72 Å². The summed E-state index contributed by atoms with van der Waals surface area (Å²) in [5, 5.41) is 0.392. The van der Waals surface area contributed by atoms with Crippen LogP contribution in [0.2, 0.25) is 0 Å². The highest BCUT2D eigenvalue weighted by Crippen LogP contribution is 2.15. The van der Waals surface area contributed by atoms with Gasteiger partial charge in [-0.25, -0.2) is 21.9 Å².